The first-order valence-corrected chi connectivity index (χ1v) is 9.15. The molecule has 0 aromatic heterocycles. The lowest BCUT2D eigenvalue weighted by molar-refractivity contribution is -0.921. The predicted molar refractivity (Wildman–Crippen MR) is 104 cm³/mol. The molecule has 2 N–H and O–H groups in total. The molecule has 6 nitrogen and oxygen atoms in total. The molecule has 0 bridgehead atoms. The fourth-order valence-corrected chi connectivity index (χ4v) is 3.10. The summed E-state index contributed by atoms with van der Waals surface area (Å²) in [6.07, 6.45) is 0. The van der Waals surface area contributed by atoms with Crippen molar-refractivity contribution < 1.29 is 19.2 Å². The minimum atomic E-state index is -0.221. The van der Waals surface area contributed by atoms with Crippen LogP contribution in [-0.4, -0.2) is 45.0 Å². The van der Waals surface area contributed by atoms with Crippen molar-refractivity contribution in [3.8, 4) is 5.75 Å². The first-order chi connectivity index (χ1) is 13.2. The van der Waals surface area contributed by atoms with E-state index in [0.717, 1.165) is 55.4 Å². The quantitative estimate of drug-likeness (QED) is 0.596. The second-order valence-corrected chi connectivity index (χ2v) is 6.57. The zero-order valence-electron chi connectivity index (χ0n) is 15.8. The number of quaternary nitrogens is 1. The number of hydrogen-bond donors (Lipinski definition) is 2. The number of benzene rings is 2. The maximum absolute atomic E-state index is 12.2. The van der Waals surface area contributed by atoms with Crippen molar-refractivity contribution in [2.45, 2.75) is 13.5 Å². The molecule has 2 aromatic rings. The lowest BCUT2D eigenvalue weighted by Gasteiger charge is -2.24. The molecule has 1 aliphatic heterocycles. The van der Waals surface area contributed by atoms with E-state index in [0.29, 0.717) is 5.56 Å². The van der Waals surface area contributed by atoms with E-state index >= 15 is 0 Å². The summed E-state index contributed by atoms with van der Waals surface area (Å²) in [7, 11) is 1.69. The third-order valence-corrected chi connectivity index (χ3v) is 4.70. The number of methoxy groups -OCH3 is 1. The number of ether oxygens (including phenoxy) is 2. The molecule has 1 fully saturated rings. The van der Waals surface area contributed by atoms with Gasteiger partial charge in [-0.3, -0.25) is 4.79 Å². The van der Waals surface area contributed by atoms with E-state index in [-0.39, 0.29) is 5.91 Å². The molecule has 0 atom stereocenters. The van der Waals surface area contributed by atoms with Crippen LogP contribution in [0.3, 0.4) is 0 Å². The van der Waals surface area contributed by atoms with Gasteiger partial charge in [-0.1, -0.05) is 18.2 Å². The van der Waals surface area contributed by atoms with Crippen molar-refractivity contribution in [3.63, 3.8) is 0 Å². The Hall–Kier alpha value is -2.70. The molecule has 1 heterocycles. The van der Waals surface area contributed by atoms with Crippen molar-refractivity contribution in [1.82, 2.24) is 5.43 Å². The highest BCUT2D eigenvalue weighted by molar-refractivity contribution is 6.01. The average Bonchev–Trinajstić information content (AvgIpc) is 2.73. The van der Waals surface area contributed by atoms with Crippen molar-refractivity contribution in [1.29, 1.82) is 0 Å². The molecule has 1 amide bonds. The molecule has 0 unspecified atom stereocenters. The van der Waals surface area contributed by atoms with Crippen LogP contribution in [0.15, 0.2) is 53.6 Å². The van der Waals surface area contributed by atoms with E-state index in [4.69, 9.17) is 9.47 Å². The molecule has 2 aromatic carbocycles. The monoisotopic (exact) mass is 368 g/mol. The first kappa shape index (κ1) is 19.1. The molecule has 0 spiro atoms. The SMILES string of the molecule is COc1ccc(/C(C)=N\NC(=O)c2ccccc2)cc1C[NH+]1CCOCC1. The van der Waals surface area contributed by atoms with Crippen LogP contribution >= 0.6 is 0 Å². The van der Waals surface area contributed by atoms with Gasteiger partial charge in [0.1, 0.15) is 25.4 Å². The smallest absolute Gasteiger partial charge is 0.271 e. The summed E-state index contributed by atoms with van der Waals surface area (Å²) in [6.45, 7) is 6.34. The van der Waals surface area contributed by atoms with E-state index in [2.05, 4.69) is 16.6 Å². The van der Waals surface area contributed by atoms with Gasteiger partial charge in [-0.05, 0) is 42.8 Å². The van der Waals surface area contributed by atoms with E-state index in [9.17, 15) is 4.79 Å². The number of nitrogens with one attached hydrogen (secondary N) is 2. The number of amides is 1. The Balaban J connectivity index is 1.72. The minimum Gasteiger partial charge on any atom is -0.496 e. The third kappa shape index (κ3) is 5.15. The van der Waals surface area contributed by atoms with Crippen molar-refractivity contribution in [3.05, 3.63) is 65.2 Å². The molecule has 0 aliphatic carbocycles. The highest BCUT2D eigenvalue weighted by Gasteiger charge is 2.17. The largest absolute Gasteiger partial charge is 0.496 e. The summed E-state index contributed by atoms with van der Waals surface area (Å²) in [6, 6.07) is 15.1. The molecule has 1 aliphatic rings. The maximum Gasteiger partial charge on any atom is 0.271 e. The van der Waals surface area contributed by atoms with E-state index < -0.39 is 0 Å². The lowest BCUT2D eigenvalue weighted by Crippen LogP contribution is -3.12. The number of hydrogen-bond acceptors (Lipinski definition) is 4. The zero-order chi connectivity index (χ0) is 19.1. The molecule has 6 heteroatoms. The fourth-order valence-electron chi connectivity index (χ4n) is 3.10. The van der Waals surface area contributed by atoms with E-state index in [1.54, 1.807) is 19.2 Å². The third-order valence-electron chi connectivity index (χ3n) is 4.70. The van der Waals surface area contributed by atoms with Crippen LogP contribution in [0.25, 0.3) is 0 Å². The molecule has 3 rings (SSSR count). The van der Waals surface area contributed by atoms with Gasteiger partial charge in [0, 0.05) is 11.1 Å². The van der Waals surface area contributed by atoms with Crippen LogP contribution in [0, 0.1) is 0 Å². The number of carbonyl (C=O) groups excluding carboxylic acids is 1. The summed E-state index contributed by atoms with van der Waals surface area (Å²) < 4.78 is 11.0. The van der Waals surface area contributed by atoms with Crippen LogP contribution in [-0.2, 0) is 11.3 Å². The molecule has 0 radical (unpaired) electrons. The number of carbonyl (C=O) groups is 1. The Kier molecular flexibility index (Phi) is 6.57. The van der Waals surface area contributed by atoms with Gasteiger partial charge in [0.15, 0.2) is 0 Å². The number of hydrazone groups is 1. The Morgan fingerprint density at radius 1 is 1.15 bits per heavy atom. The first-order valence-electron chi connectivity index (χ1n) is 9.15. The summed E-state index contributed by atoms with van der Waals surface area (Å²) in [4.78, 5) is 13.6. The van der Waals surface area contributed by atoms with Gasteiger partial charge >= 0.3 is 0 Å². The molecular formula is C21H26N3O3+. The van der Waals surface area contributed by atoms with Crippen LogP contribution in [0.4, 0.5) is 0 Å². The zero-order valence-corrected chi connectivity index (χ0v) is 15.8. The fraction of sp³-hybridized carbons (Fsp3) is 0.333. The summed E-state index contributed by atoms with van der Waals surface area (Å²) >= 11 is 0. The Morgan fingerprint density at radius 2 is 1.89 bits per heavy atom. The molecule has 0 saturated carbocycles. The predicted octanol–water partition coefficient (Wildman–Crippen LogP) is 1.26. The van der Waals surface area contributed by atoms with E-state index in [1.165, 1.54) is 4.90 Å². The van der Waals surface area contributed by atoms with Crippen molar-refractivity contribution in [2.75, 3.05) is 33.4 Å². The lowest BCUT2D eigenvalue weighted by atomic mass is 10.1. The summed E-state index contributed by atoms with van der Waals surface area (Å²) in [5.41, 5.74) is 6.06. The van der Waals surface area contributed by atoms with Gasteiger partial charge in [0.05, 0.1) is 26.0 Å². The minimum absolute atomic E-state index is 0.221. The average molecular weight is 368 g/mol. The second-order valence-electron chi connectivity index (χ2n) is 6.57. The molecule has 142 valence electrons. The van der Waals surface area contributed by atoms with Gasteiger partial charge in [-0.25, -0.2) is 5.43 Å². The standard InChI is InChI=1S/C21H25N3O3/c1-16(22-23-21(25)17-6-4-3-5-7-17)18-8-9-20(26-2)19(14-18)15-24-10-12-27-13-11-24/h3-9,14H,10-13,15H2,1-2H3,(H,23,25)/p+1/b22-16-. The molecule has 27 heavy (non-hydrogen) atoms. The Bertz CT molecular complexity index is 800. The van der Waals surface area contributed by atoms with Gasteiger partial charge in [-0.15, -0.1) is 0 Å². The maximum atomic E-state index is 12.2. The van der Waals surface area contributed by atoms with Crippen molar-refractivity contribution >= 4 is 11.6 Å². The summed E-state index contributed by atoms with van der Waals surface area (Å²) in [5, 5.41) is 4.26. The number of morpholine rings is 1. The summed E-state index contributed by atoms with van der Waals surface area (Å²) in [5.74, 6) is 0.653. The highest BCUT2D eigenvalue weighted by atomic mass is 16.5. The van der Waals surface area contributed by atoms with Gasteiger partial charge in [-0.2, -0.15) is 5.10 Å². The number of nitrogens with zero attached hydrogens (tertiary/aromatic N) is 1. The molecular weight excluding hydrogens is 342 g/mol. The topological polar surface area (TPSA) is 64.4 Å². The molecule has 1 saturated heterocycles. The van der Waals surface area contributed by atoms with Gasteiger partial charge in [0.2, 0.25) is 0 Å². The van der Waals surface area contributed by atoms with Gasteiger partial charge < -0.3 is 14.4 Å². The van der Waals surface area contributed by atoms with Crippen LogP contribution in [0.2, 0.25) is 0 Å². The number of rotatable bonds is 6. The van der Waals surface area contributed by atoms with E-state index in [1.807, 2.05) is 37.3 Å². The van der Waals surface area contributed by atoms with Crippen LogP contribution in [0.5, 0.6) is 5.75 Å². The van der Waals surface area contributed by atoms with Gasteiger partial charge in [0.25, 0.3) is 5.91 Å². The van der Waals surface area contributed by atoms with Crippen LogP contribution < -0.4 is 15.1 Å². The second kappa shape index (κ2) is 9.30. The highest BCUT2D eigenvalue weighted by Crippen LogP contribution is 2.19. The Labute approximate surface area is 159 Å². The Morgan fingerprint density at radius 3 is 2.59 bits per heavy atom. The van der Waals surface area contributed by atoms with Crippen LogP contribution in [0.1, 0.15) is 28.4 Å². The normalized spacial score (nSPS) is 15.4. The van der Waals surface area contributed by atoms with Crippen molar-refractivity contribution in [2.24, 2.45) is 5.10 Å².